The first-order valence-electron chi connectivity index (χ1n) is 3.45. The fraction of sp³-hybridized carbons (Fsp3) is 0.625. The van der Waals surface area contributed by atoms with Crippen LogP contribution < -0.4 is 0 Å². The van der Waals surface area contributed by atoms with Gasteiger partial charge in [-0.15, -0.1) is 0 Å². The molecule has 0 saturated heterocycles. The molecular formula is C8H14O2. The predicted molar refractivity (Wildman–Crippen MR) is 40.7 cm³/mol. The quantitative estimate of drug-likeness (QED) is 0.444. The third kappa shape index (κ3) is 5.35. The molecule has 0 aliphatic rings. The van der Waals surface area contributed by atoms with E-state index in [2.05, 4.69) is 0 Å². The fourth-order valence-electron chi connectivity index (χ4n) is 0.659. The lowest BCUT2D eigenvalue weighted by atomic mass is 10.3. The lowest BCUT2D eigenvalue weighted by Crippen LogP contribution is -2.10. The first-order chi connectivity index (χ1) is 4.66. The van der Waals surface area contributed by atoms with Crippen molar-refractivity contribution < 1.29 is 9.53 Å². The number of esters is 1. The van der Waals surface area contributed by atoms with E-state index in [1.165, 1.54) is 6.92 Å². The minimum atomic E-state index is -0.211. The van der Waals surface area contributed by atoms with Gasteiger partial charge in [-0.1, -0.05) is 12.2 Å². The molecule has 2 nitrogen and oxygen atoms in total. The highest BCUT2D eigenvalue weighted by molar-refractivity contribution is 5.66. The summed E-state index contributed by atoms with van der Waals surface area (Å²) in [6, 6.07) is 0. The molecule has 0 aromatic carbocycles. The van der Waals surface area contributed by atoms with E-state index in [1.807, 2.05) is 26.0 Å². The Labute approximate surface area is 61.9 Å². The number of hydrogen-bond donors (Lipinski definition) is 0. The summed E-state index contributed by atoms with van der Waals surface area (Å²) in [5, 5.41) is 0. The van der Waals surface area contributed by atoms with Gasteiger partial charge in [0.2, 0.25) is 0 Å². The van der Waals surface area contributed by atoms with E-state index in [0.717, 1.165) is 6.42 Å². The molecule has 0 aromatic rings. The molecule has 0 spiro atoms. The second-order valence-electron chi connectivity index (χ2n) is 2.22. The summed E-state index contributed by atoms with van der Waals surface area (Å²) >= 11 is 0. The largest absolute Gasteiger partial charge is 0.463 e. The first kappa shape index (κ1) is 9.21. The third-order valence-electron chi connectivity index (χ3n) is 1.07. The van der Waals surface area contributed by atoms with Crippen LogP contribution in [-0.4, -0.2) is 12.1 Å². The summed E-state index contributed by atoms with van der Waals surface area (Å²) in [6.07, 6.45) is 4.73. The van der Waals surface area contributed by atoms with Crippen molar-refractivity contribution in [1.82, 2.24) is 0 Å². The summed E-state index contributed by atoms with van der Waals surface area (Å²) in [6.45, 7) is 5.24. The van der Waals surface area contributed by atoms with Gasteiger partial charge in [0, 0.05) is 13.3 Å². The topological polar surface area (TPSA) is 26.3 Å². The maximum absolute atomic E-state index is 10.4. The van der Waals surface area contributed by atoms with Gasteiger partial charge < -0.3 is 4.74 Å². The monoisotopic (exact) mass is 142 g/mol. The van der Waals surface area contributed by atoms with Crippen molar-refractivity contribution in [2.75, 3.05) is 0 Å². The Bertz CT molecular complexity index is 127. The Morgan fingerprint density at radius 3 is 2.70 bits per heavy atom. The smallest absolute Gasteiger partial charge is 0.302 e. The molecule has 10 heavy (non-hydrogen) atoms. The van der Waals surface area contributed by atoms with Crippen molar-refractivity contribution in [3.05, 3.63) is 12.2 Å². The average molecular weight is 142 g/mol. The molecule has 58 valence electrons. The molecule has 0 aliphatic carbocycles. The molecule has 0 heterocycles. The maximum Gasteiger partial charge on any atom is 0.302 e. The zero-order valence-corrected chi connectivity index (χ0v) is 6.76. The second kappa shape index (κ2) is 5.03. The van der Waals surface area contributed by atoms with Gasteiger partial charge in [0.25, 0.3) is 0 Å². The molecule has 0 fully saturated rings. The van der Waals surface area contributed by atoms with E-state index in [9.17, 15) is 4.79 Å². The predicted octanol–water partition coefficient (Wildman–Crippen LogP) is 1.90. The number of carbonyl (C=O) groups is 1. The molecule has 0 aromatic heterocycles. The lowest BCUT2D eigenvalue weighted by Gasteiger charge is -2.07. The molecule has 0 aliphatic heterocycles. The minimum absolute atomic E-state index is 0.00806. The van der Waals surface area contributed by atoms with Gasteiger partial charge in [-0.05, 0) is 13.8 Å². The Morgan fingerprint density at radius 2 is 2.30 bits per heavy atom. The highest BCUT2D eigenvalue weighted by Crippen LogP contribution is 1.98. The summed E-state index contributed by atoms with van der Waals surface area (Å²) < 4.78 is 4.86. The molecule has 0 amide bonds. The van der Waals surface area contributed by atoms with Crippen molar-refractivity contribution in [3.8, 4) is 0 Å². The molecule has 0 bridgehead atoms. The summed E-state index contributed by atoms with van der Waals surface area (Å²) in [5.41, 5.74) is 0. The van der Waals surface area contributed by atoms with E-state index in [0.29, 0.717) is 0 Å². The molecule has 0 rings (SSSR count). The third-order valence-corrected chi connectivity index (χ3v) is 1.07. The van der Waals surface area contributed by atoms with Crippen LogP contribution in [0.3, 0.4) is 0 Å². The fourth-order valence-corrected chi connectivity index (χ4v) is 0.659. The van der Waals surface area contributed by atoms with Crippen molar-refractivity contribution in [1.29, 1.82) is 0 Å². The van der Waals surface area contributed by atoms with Gasteiger partial charge in [0.1, 0.15) is 6.10 Å². The van der Waals surface area contributed by atoms with Crippen molar-refractivity contribution >= 4 is 5.97 Å². The van der Waals surface area contributed by atoms with E-state index in [1.54, 1.807) is 0 Å². The highest BCUT2D eigenvalue weighted by Gasteiger charge is 2.00. The van der Waals surface area contributed by atoms with E-state index in [-0.39, 0.29) is 12.1 Å². The Morgan fingerprint density at radius 1 is 1.70 bits per heavy atom. The molecule has 0 unspecified atom stereocenters. The molecular weight excluding hydrogens is 128 g/mol. The van der Waals surface area contributed by atoms with Gasteiger partial charge >= 0.3 is 5.97 Å². The first-order valence-corrected chi connectivity index (χ1v) is 3.45. The highest BCUT2D eigenvalue weighted by atomic mass is 16.5. The summed E-state index contributed by atoms with van der Waals surface area (Å²) in [7, 11) is 0. The van der Waals surface area contributed by atoms with Crippen LogP contribution in [0.2, 0.25) is 0 Å². The zero-order valence-electron chi connectivity index (χ0n) is 6.76. The van der Waals surface area contributed by atoms with E-state index < -0.39 is 0 Å². The average Bonchev–Trinajstić information content (AvgIpc) is 1.82. The Hall–Kier alpha value is -0.790. The zero-order chi connectivity index (χ0) is 7.98. The van der Waals surface area contributed by atoms with E-state index >= 15 is 0 Å². The molecule has 2 heteroatoms. The number of carbonyl (C=O) groups excluding carboxylic acids is 1. The van der Waals surface area contributed by atoms with Crippen LogP contribution in [0.4, 0.5) is 0 Å². The summed E-state index contributed by atoms with van der Waals surface area (Å²) in [4.78, 5) is 10.4. The summed E-state index contributed by atoms with van der Waals surface area (Å²) in [5.74, 6) is -0.211. The number of ether oxygens (including phenoxy) is 1. The molecule has 0 radical (unpaired) electrons. The number of allylic oxidation sites excluding steroid dienone is 1. The molecule has 1 atom stereocenters. The van der Waals surface area contributed by atoms with E-state index in [4.69, 9.17) is 4.74 Å². The Kier molecular flexibility index (Phi) is 4.63. The van der Waals surface area contributed by atoms with Crippen LogP contribution in [0.1, 0.15) is 27.2 Å². The van der Waals surface area contributed by atoms with Gasteiger partial charge in [-0.2, -0.15) is 0 Å². The second-order valence-corrected chi connectivity index (χ2v) is 2.22. The SMILES string of the molecule is C/C=C/C[C@@H](C)OC(C)=O. The van der Waals surface area contributed by atoms with Gasteiger partial charge in [0.05, 0.1) is 0 Å². The lowest BCUT2D eigenvalue weighted by molar-refractivity contribution is -0.145. The minimum Gasteiger partial charge on any atom is -0.463 e. The van der Waals surface area contributed by atoms with Crippen LogP contribution in [-0.2, 0) is 9.53 Å². The van der Waals surface area contributed by atoms with Gasteiger partial charge in [-0.3, -0.25) is 4.79 Å². The van der Waals surface area contributed by atoms with Crippen LogP contribution in [0, 0.1) is 0 Å². The number of rotatable bonds is 3. The maximum atomic E-state index is 10.4. The normalized spacial score (nSPS) is 13.5. The molecule has 0 N–H and O–H groups in total. The van der Waals surface area contributed by atoms with Gasteiger partial charge in [-0.25, -0.2) is 0 Å². The van der Waals surface area contributed by atoms with Crippen LogP contribution >= 0.6 is 0 Å². The van der Waals surface area contributed by atoms with Crippen molar-refractivity contribution in [2.24, 2.45) is 0 Å². The number of hydrogen-bond acceptors (Lipinski definition) is 2. The Balaban J connectivity index is 3.43. The van der Waals surface area contributed by atoms with Gasteiger partial charge in [0.15, 0.2) is 0 Å². The van der Waals surface area contributed by atoms with Crippen molar-refractivity contribution in [3.63, 3.8) is 0 Å². The van der Waals surface area contributed by atoms with Crippen molar-refractivity contribution in [2.45, 2.75) is 33.3 Å². The van der Waals surface area contributed by atoms with Crippen LogP contribution in [0.5, 0.6) is 0 Å². The van der Waals surface area contributed by atoms with Crippen LogP contribution in [0.25, 0.3) is 0 Å². The molecule has 0 saturated carbocycles. The van der Waals surface area contributed by atoms with Crippen LogP contribution in [0.15, 0.2) is 12.2 Å². The standard InChI is InChI=1S/C8H14O2/c1-4-5-6-7(2)10-8(3)9/h4-5,7H,6H2,1-3H3/b5-4+/t7-/m1/s1.